The number of nitrogens with one attached hydrogen (secondary N) is 2. The van der Waals surface area contributed by atoms with Crippen LogP contribution in [-0.4, -0.2) is 47.5 Å². The minimum atomic E-state index is -0.735. The number of guanidine groups is 1. The van der Waals surface area contributed by atoms with Crippen molar-refractivity contribution in [1.29, 1.82) is 0 Å². The van der Waals surface area contributed by atoms with Crippen LogP contribution in [0.5, 0.6) is 11.5 Å². The number of aliphatic imine (C=N–C) groups is 1. The zero-order valence-electron chi connectivity index (χ0n) is 17.7. The summed E-state index contributed by atoms with van der Waals surface area (Å²) in [5, 5.41) is 7.12. The Morgan fingerprint density at radius 1 is 1.34 bits per heavy atom. The lowest BCUT2D eigenvalue weighted by Crippen LogP contribution is -2.46. The molecule has 1 aromatic rings. The van der Waals surface area contributed by atoms with Gasteiger partial charge in [-0.15, -0.1) is 6.42 Å². The smallest absolute Gasteiger partial charge is 0.191 e. The van der Waals surface area contributed by atoms with E-state index in [2.05, 4.69) is 16.6 Å². The number of hydrogen-bond donors (Lipinski definition) is 2. The van der Waals surface area contributed by atoms with E-state index < -0.39 is 10.8 Å². The summed E-state index contributed by atoms with van der Waals surface area (Å²) in [4.78, 5) is 4.73. The van der Waals surface area contributed by atoms with Crippen LogP contribution in [0.2, 0.25) is 0 Å². The summed E-state index contributed by atoms with van der Waals surface area (Å²) in [6, 6.07) is 6.04. The Labute approximate surface area is 177 Å². The maximum Gasteiger partial charge on any atom is 0.191 e. The molecule has 0 aliphatic heterocycles. The van der Waals surface area contributed by atoms with Crippen molar-refractivity contribution in [2.75, 3.05) is 26.0 Å². The number of ether oxygens (including phenoxy) is 2. The Morgan fingerprint density at radius 2 is 2.17 bits per heavy atom. The molecule has 1 fully saturated rings. The van der Waals surface area contributed by atoms with Crippen LogP contribution in [-0.2, 0) is 17.3 Å². The van der Waals surface area contributed by atoms with Crippen LogP contribution < -0.4 is 20.1 Å². The third-order valence-corrected chi connectivity index (χ3v) is 6.67. The Morgan fingerprint density at radius 3 is 2.86 bits per heavy atom. The van der Waals surface area contributed by atoms with Crippen LogP contribution in [0.25, 0.3) is 0 Å². The second-order valence-electron chi connectivity index (χ2n) is 6.97. The topological polar surface area (TPSA) is 72.0 Å². The molecule has 0 aromatic heterocycles. The fraction of sp³-hybridized carbons (Fsp3) is 0.591. The summed E-state index contributed by atoms with van der Waals surface area (Å²) in [6.07, 6.45) is 9.45. The van der Waals surface area contributed by atoms with E-state index in [0.717, 1.165) is 49.5 Å². The highest BCUT2D eigenvalue weighted by molar-refractivity contribution is 7.85. The molecule has 0 bridgehead atoms. The lowest BCUT2D eigenvalue weighted by atomic mass is 9.95. The number of benzene rings is 1. The van der Waals surface area contributed by atoms with E-state index in [0.29, 0.717) is 24.1 Å². The zero-order valence-corrected chi connectivity index (χ0v) is 18.5. The highest BCUT2D eigenvalue weighted by atomic mass is 32.2. The molecule has 0 amide bonds. The van der Waals surface area contributed by atoms with E-state index in [9.17, 15) is 4.21 Å². The predicted molar refractivity (Wildman–Crippen MR) is 120 cm³/mol. The molecule has 1 aliphatic rings. The number of hydrogen-bond acceptors (Lipinski definition) is 4. The van der Waals surface area contributed by atoms with Crippen LogP contribution in [0, 0.1) is 12.3 Å². The molecule has 0 saturated heterocycles. The van der Waals surface area contributed by atoms with Gasteiger partial charge in [-0.1, -0.05) is 25.3 Å². The van der Waals surface area contributed by atoms with Crippen molar-refractivity contribution in [3.05, 3.63) is 23.8 Å². The van der Waals surface area contributed by atoms with E-state index in [1.807, 2.05) is 32.0 Å². The van der Waals surface area contributed by atoms with Gasteiger partial charge in [0.05, 0.1) is 13.7 Å². The Bertz CT molecular complexity index is 745. The van der Waals surface area contributed by atoms with Crippen molar-refractivity contribution < 1.29 is 13.7 Å². The Kier molecular flexibility index (Phi) is 9.85. The third-order valence-electron chi connectivity index (χ3n) is 4.93. The molecular weight excluding hydrogens is 386 g/mol. The first-order chi connectivity index (χ1) is 14.1. The predicted octanol–water partition coefficient (Wildman–Crippen LogP) is 2.84. The Balaban J connectivity index is 2.05. The number of rotatable bonds is 9. The van der Waals surface area contributed by atoms with Gasteiger partial charge < -0.3 is 20.1 Å². The van der Waals surface area contributed by atoms with Crippen molar-refractivity contribution in [2.45, 2.75) is 57.4 Å². The molecule has 0 heterocycles. The van der Waals surface area contributed by atoms with Crippen LogP contribution in [0.4, 0.5) is 0 Å². The van der Waals surface area contributed by atoms with Crippen LogP contribution >= 0.6 is 0 Å². The highest BCUT2D eigenvalue weighted by Crippen LogP contribution is 2.28. The summed E-state index contributed by atoms with van der Waals surface area (Å²) >= 11 is 0. The van der Waals surface area contributed by atoms with Gasteiger partial charge >= 0.3 is 0 Å². The number of nitrogens with zero attached hydrogens (tertiary/aromatic N) is 1. The van der Waals surface area contributed by atoms with Crippen molar-refractivity contribution >= 4 is 16.8 Å². The molecule has 1 aliphatic carbocycles. The van der Waals surface area contributed by atoms with Crippen molar-refractivity contribution in [3.63, 3.8) is 0 Å². The van der Waals surface area contributed by atoms with Gasteiger partial charge in [-0.2, -0.15) is 0 Å². The quantitative estimate of drug-likeness (QED) is 0.366. The number of methoxy groups -OCH3 is 1. The fourth-order valence-electron chi connectivity index (χ4n) is 3.49. The van der Waals surface area contributed by atoms with E-state index in [1.54, 1.807) is 7.11 Å². The van der Waals surface area contributed by atoms with Crippen LogP contribution in [0.15, 0.2) is 23.2 Å². The summed E-state index contributed by atoms with van der Waals surface area (Å²) in [7, 11) is 0.868. The maximum atomic E-state index is 12.2. The molecule has 2 rings (SSSR count). The fourth-order valence-corrected chi connectivity index (χ4v) is 4.83. The van der Waals surface area contributed by atoms with Gasteiger partial charge in [-0.3, -0.25) is 4.21 Å². The first kappa shape index (κ1) is 23.1. The first-order valence-electron chi connectivity index (χ1n) is 10.3. The normalized spacial score (nSPS) is 20.4. The molecule has 7 heteroatoms. The molecule has 0 radical (unpaired) electrons. The average molecular weight is 420 g/mol. The van der Waals surface area contributed by atoms with Gasteiger partial charge in [-0.05, 0) is 43.9 Å². The van der Waals surface area contributed by atoms with E-state index in [-0.39, 0.29) is 11.9 Å². The molecule has 6 nitrogen and oxygen atoms in total. The lowest BCUT2D eigenvalue weighted by molar-refractivity contribution is 0.330. The van der Waals surface area contributed by atoms with E-state index in [4.69, 9.17) is 20.9 Å². The molecule has 0 spiro atoms. The van der Waals surface area contributed by atoms with E-state index >= 15 is 0 Å². The standard InChI is InChI=1S/C22H33N3O3S/c1-5-13-28-21-14-17(11-12-20(21)27-4)16-24-22(23-6-2)25-18-9-8-10-19(15-18)29(26)7-3/h1,11-12,14,18-19H,6-10,13,15-16H2,2-4H3,(H2,23,24,25). The highest BCUT2D eigenvalue weighted by Gasteiger charge is 2.26. The van der Waals surface area contributed by atoms with Gasteiger partial charge in [0, 0.05) is 34.4 Å². The minimum Gasteiger partial charge on any atom is -0.493 e. The van der Waals surface area contributed by atoms with Crippen molar-refractivity contribution in [2.24, 2.45) is 4.99 Å². The minimum absolute atomic E-state index is 0.190. The van der Waals surface area contributed by atoms with Crippen LogP contribution in [0.1, 0.15) is 45.1 Å². The molecule has 29 heavy (non-hydrogen) atoms. The third kappa shape index (κ3) is 7.28. The van der Waals surface area contributed by atoms with Gasteiger partial charge in [-0.25, -0.2) is 4.99 Å². The monoisotopic (exact) mass is 419 g/mol. The van der Waals surface area contributed by atoms with Gasteiger partial charge in [0.15, 0.2) is 17.5 Å². The van der Waals surface area contributed by atoms with Gasteiger partial charge in [0.1, 0.15) is 6.61 Å². The molecule has 3 atom stereocenters. The SMILES string of the molecule is C#CCOc1cc(CN=C(NCC)NC2CCCC(S(=O)CC)C2)ccc1OC. The molecule has 1 aromatic carbocycles. The maximum absolute atomic E-state index is 12.2. The molecular formula is C22H33N3O3S. The molecule has 1 saturated carbocycles. The summed E-state index contributed by atoms with van der Waals surface area (Å²) in [6.45, 7) is 5.52. The average Bonchev–Trinajstić information content (AvgIpc) is 2.75. The summed E-state index contributed by atoms with van der Waals surface area (Å²) < 4.78 is 23.1. The second kappa shape index (κ2) is 12.4. The summed E-state index contributed by atoms with van der Waals surface area (Å²) in [5.74, 6) is 5.24. The number of terminal acetylenes is 1. The first-order valence-corrected chi connectivity index (χ1v) is 11.6. The van der Waals surface area contributed by atoms with Gasteiger partial charge in [0.2, 0.25) is 0 Å². The second-order valence-corrected chi connectivity index (χ2v) is 8.98. The van der Waals surface area contributed by atoms with Gasteiger partial charge in [0.25, 0.3) is 0 Å². The summed E-state index contributed by atoms with van der Waals surface area (Å²) in [5.41, 5.74) is 1.00. The van der Waals surface area contributed by atoms with Crippen molar-refractivity contribution in [3.8, 4) is 23.8 Å². The molecule has 160 valence electrons. The van der Waals surface area contributed by atoms with Crippen molar-refractivity contribution in [1.82, 2.24) is 10.6 Å². The zero-order chi connectivity index (χ0) is 21.1. The van der Waals surface area contributed by atoms with Crippen LogP contribution in [0.3, 0.4) is 0 Å². The Hall–Kier alpha value is -2.20. The largest absolute Gasteiger partial charge is 0.493 e. The lowest BCUT2D eigenvalue weighted by Gasteiger charge is -2.30. The molecule has 2 N–H and O–H groups in total. The van der Waals surface area contributed by atoms with E-state index in [1.165, 1.54) is 0 Å². The molecule has 3 unspecified atom stereocenters.